The Morgan fingerprint density at radius 2 is 1.83 bits per heavy atom. The number of hydrogen-bond donors (Lipinski definition) is 1. The quantitative estimate of drug-likeness (QED) is 0.857. The number of anilines is 1. The first-order valence-corrected chi connectivity index (χ1v) is 7.32. The van der Waals surface area contributed by atoms with Crippen molar-refractivity contribution in [3.05, 3.63) is 59.9 Å². The second-order valence-corrected chi connectivity index (χ2v) is 5.01. The second kappa shape index (κ2) is 7.13. The van der Waals surface area contributed by atoms with Gasteiger partial charge in [0.1, 0.15) is 5.69 Å². The van der Waals surface area contributed by atoms with Gasteiger partial charge in [0, 0.05) is 11.8 Å². The molecule has 6 heteroatoms. The number of ether oxygens (including phenoxy) is 2. The van der Waals surface area contributed by atoms with Gasteiger partial charge in [-0.15, -0.1) is 0 Å². The Morgan fingerprint density at radius 1 is 1.09 bits per heavy atom. The van der Waals surface area contributed by atoms with Crippen LogP contribution in [0.25, 0.3) is 0 Å². The van der Waals surface area contributed by atoms with E-state index in [1.54, 1.807) is 48.7 Å². The number of nitrogens with one attached hydrogen (secondary N) is 1. The second-order valence-electron chi connectivity index (χ2n) is 5.01. The van der Waals surface area contributed by atoms with Crippen LogP contribution < -0.4 is 5.32 Å². The molecule has 0 spiro atoms. The fourth-order valence-electron chi connectivity index (χ4n) is 2.31. The minimum Gasteiger partial charge on any atom is -0.350 e. The number of carbonyl (C=O) groups excluding carboxylic acids is 2. The lowest BCUT2D eigenvalue weighted by Crippen LogP contribution is -2.18. The van der Waals surface area contributed by atoms with E-state index in [0.29, 0.717) is 24.5 Å². The molecule has 1 aliphatic rings. The van der Waals surface area contributed by atoms with Crippen molar-refractivity contribution in [1.29, 1.82) is 0 Å². The summed E-state index contributed by atoms with van der Waals surface area (Å²) in [7, 11) is 0. The fourth-order valence-corrected chi connectivity index (χ4v) is 2.31. The average molecular weight is 312 g/mol. The molecule has 1 aliphatic heterocycles. The molecule has 0 unspecified atom stereocenters. The van der Waals surface area contributed by atoms with Crippen LogP contribution in [0.1, 0.15) is 27.3 Å². The van der Waals surface area contributed by atoms with Gasteiger partial charge in [0.2, 0.25) is 0 Å². The number of benzene rings is 1. The normalized spacial score (nSPS) is 14.6. The van der Waals surface area contributed by atoms with Crippen molar-refractivity contribution in [1.82, 2.24) is 4.98 Å². The predicted molar refractivity (Wildman–Crippen MR) is 83.3 cm³/mol. The Hall–Kier alpha value is -2.57. The van der Waals surface area contributed by atoms with Crippen LogP contribution in [-0.2, 0) is 9.47 Å². The van der Waals surface area contributed by atoms with Crippen LogP contribution in [0.2, 0.25) is 0 Å². The molecule has 1 fully saturated rings. The van der Waals surface area contributed by atoms with E-state index in [4.69, 9.17) is 9.47 Å². The number of nitrogens with zero attached hydrogens (tertiary/aromatic N) is 1. The largest absolute Gasteiger partial charge is 0.350 e. The number of carbonyl (C=O) groups is 2. The average Bonchev–Trinajstić information content (AvgIpc) is 3.09. The van der Waals surface area contributed by atoms with E-state index in [2.05, 4.69) is 10.3 Å². The van der Waals surface area contributed by atoms with Gasteiger partial charge in [-0.25, -0.2) is 0 Å². The summed E-state index contributed by atoms with van der Waals surface area (Å²) in [4.78, 5) is 28.6. The molecule has 1 aromatic heterocycles. The van der Waals surface area contributed by atoms with Gasteiger partial charge in [-0.3, -0.25) is 14.6 Å². The van der Waals surface area contributed by atoms with Gasteiger partial charge in [0.15, 0.2) is 12.1 Å². The maximum Gasteiger partial charge on any atom is 0.274 e. The van der Waals surface area contributed by atoms with Crippen LogP contribution in [0.15, 0.2) is 48.7 Å². The summed E-state index contributed by atoms with van der Waals surface area (Å²) >= 11 is 0. The first kappa shape index (κ1) is 15.3. The molecular weight excluding hydrogens is 296 g/mol. The third-order valence-corrected chi connectivity index (χ3v) is 3.42. The molecule has 2 aromatic rings. The number of rotatable bonds is 5. The van der Waals surface area contributed by atoms with Gasteiger partial charge in [0.05, 0.1) is 25.3 Å². The van der Waals surface area contributed by atoms with E-state index >= 15 is 0 Å². The molecule has 3 rings (SSSR count). The number of Topliss-reactive ketones (excluding diaryl/α,β-unsaturated/α-hetero) is 1. The van der Waals surface area contributed by atoms with Gasteiger partial charge < -0.3 is 14.8 Å². The van der Waals surface area contributed by atoms with Crippen molar-refractivity contribution in [2.24, 2.45) is 0 Å². The molecule has 0 saturated carbocycles. The molecule has 0 atom stereocenters. The summed E-state index contributed by atoms with van der Waals surface area (Å²) in [6.07, 6.45) is 1.15. The van der Waals surface area contributed by atoms with Crippen molar-refractivity contribution in [2.45, 2.75) is 12.7 Å². The molecule has 0 aliphatic carbocycles. The highest BCUT2D eigenvalue weighted by atomic mass is 16.7. The Labute approximate surface area is 133 Å². The van der Waals surface area contributed by atoms with Crippen molar-refractivity contribution in [3.8, 4) is 0 Å². The van der Waals surface area contributed by atoms with Crippen LogP contribution >= 0.6 is 0 Å². The highest BCUT2D eigenvalue weighted by Crippen LogP contribution is 2.20. The topological polar surface area (TPSA) is 77.5 Å². The van der Waals surface area contributed by atoms with Crippen LogP contribution in [0, 0.1) is 0 Å². The Bertz CT molecular complexity index is 697. The molecular formula is C17H16N2O4. The van der Waals surface area contributed by atoms with Gasteiger partial charge in [-0.05, 0) is 24.3 Å². The first-order valence-electron chi connectivity index (χ1n) is 7.32. The smallest absolute Gasteiger partial charge is 0.274 e. The summed E-state index contributed by atoms with van der Waals surface area (Å²) < 4.78 is 10.6. The molecule has 1 aromatic carbocycles. The number of hydrogen-bond acceptors (Lipinski definition) is 5. The summed E-state index contributed by atoms with van der Waals surface area (Å²) in [6.45, 7) is 0.992. The van der Waals surface area contributed by atoms with Crippen LogP contribution in [0.5, 0.6) is 0 Å². The van der Waals surface area contributed by atoms with Crippen molar-refractivity contribution < 1.29 is 19.1 Å². The maximum absolute atomic E-state index is 12.4. The summed E-state index contributed by atoms with van der Waals surface area (Å²) in [5, 5.41) is 2.73. The molecule has 0 radical (unpaired) electrons. The summed E-state index contributed by atoms with van der Waals surface area (Å²) in [5.41, 5.74) is 1.17. The van der Waals surface area contributed by atoms with Crippen LogP contribution in [-0.4, -0.2) is 36.2 Å². The molecule has 23 heavy (non-hydrogen) atoms. The molecule has 6 nitrogen and oxygen atoms in total. The lowest BCUT2D eigenvalue weighted by Gasteiger charge is -2.12. The van der Waals surface area contributed by atoms with Gasteiger partial charge in [0.25, 0.3) is 5.91 Å². The summed E-state index contributed by atoms with van der Waals surface area (Å²) in [5.74, 6) is -0.506. The van der Waals surface area contributed by atoms with Crippen molar-refractivity contribution >= 4 is 17.4 Å². The molecule has 1 N–H and O–H groups in total. The van der Waals surface area contributed by atoms with Gasteiger partial charge >= 0.3 is 0 Å². The van der Waals surface area contributed by atoms with Crippen molar-refractivity contribution in [3.63, 3.8) is 0 Å². The zero-order valence-electron chi connectivity index (χ0n) is 12.4. The zero-order valence-corrected chi connectivity index (χ0v) is 12.4. The molecule has 0 bridgehead atoms. The van der Waals surface area contributed by atoms with E-state index in [0.717, 1.165) is 0 Å². The van der Waals surface area contributed by atoms with E-state index in [9.17, 15) is 9.59 Å². The number of ketones is 1. The maximum atomic E-state index is 12.4. The number of aromatic nitrogens is 1. The monoisotopic (exact) mass is 312 g/mol. The molecule has 1 amide bonds. The Morgan fingerprint density at radius 3 is 2.57 bits per heavy atom. The molecule has 118 valence electrons. The van der Waals surface area contributed by atoms with E-state index in [1.165, 1.54) is 0 Å². The van der Waals surface area contributed by atoms with E-state index in [-0.39, 0.29) is 23.8 Å². The molecule has 2 heterocycles. The fraction of sp³-hybridized carbons (Fsp3) is 0.235. The van der Waals surface area contributed by atoms with E-state index in [1.807, 2.05) is 0 Å². The minimum atomic E-state index is -0.512. The SMILES string of the molecule is O=C(Nc1ccccc1C(=O)CC1OCCO1)c1ccccn1. The number of para-hydroxylation sites is 1. The lowest BCUT2D eigenvalue weighted by atomic mass is 10.1. The highest BCUT2D eigenvalue weighted by molar-refractivity contribution is 6.08. The predicted octanol–water partition coefficient (Wildman–Crippen LogP) is 2.28. The summed E-state index contributed by atoms with van der Waals surface area (Å²) in [6, 6.07) is 11.9. The van der Waals surface area contributed by atoms with Gasteiger partial charge in [-0.2, -0.15) is 0 Å². The number of amides is 1. The highest BCUT2D eigenvalue weighted by Gasteiger charge is 2.22. The van der Waals surface area contributed by atoms with Crippen LogP contribution in [0.4, 0.5) is 5.69 Å². The Kier molecular flexibility index (Phi) is 4.75. The van der Waals surface area contributed by atoms with Gasteiger partial charge in [-0.1, -0.05) is 18.2 Å². The minimum absolute atomic E-state index is 0.121. The van der Waals surface area contributed by atoms with Crippen molar-refractivity contribution in [2.75, 3.05) is 18.5 Å². The lowest BCUT2D eigenvalue weighted by molar-refractivity contribution is -0.0407. The van der Waals surface area contributed by atoms with Crippen LogP contribution in [0.3, 0.4) is 0 Å². The third kappa shape index (κ3) is 3.80. The standard InChI is InChI=1S/C17H16N2O4/c20-15(11-16-22-9-10-23-16)12-5-1-2-6-13(12)19-17(21)14-7-3-4-8-18-14/h1-8,16H,9-11H2,(H,19,21). The zero-order chi connectivity index (χ0) is 16.1. The first-order chi connectivity index (χ1) is 11.2. The third-order valence-electron chi connectivity index (χ3n) is 3.42. The number of pyridine rings is 1. The Balaban J connectivity index is 1.75. The molecule has 1 saturated heterocycles. The van der Waals surface area contributed by atoms with E-state index < -0.39 is 6.29 Å².